The van der Waals surface area contributed by atoms with Gasteiger partial charge in [0, 0.05) is 17.7 Å². The lowest BCUT2D eigenvalue weighted by molar-refractivity contribution is 0.872. The van der Waals surface area contributed by atoms with E-state index >= 15 is 0 Å². The van der Waals surface area contributed by atoms with Crippen LogP contribution in [-0.2, 0) is 0 Å². The highest BCUT2D eigenvalue weighted by molar-refractivity contribution is 7.99. The van der Waals surface area contributed by atoms with Crippen LogP contribution in [0.3, 0.4) is 0 Å². The van der Waals surface area contributed by atoms with Crippen molar-refractivity contribution in [3.63, 3.8) is 0 Å². The van der Waals surface area contributed by atoms with Crippen molar-refractivity contribution in [2.45, 2.75) is 43.0 Å². The predicted octanol–water partition coefficient (Wildman–Crippen LogP) is 1.93. The van der Waals surface area contributed by atoms with Crippen LogP contribution in [0.15, 0.2) is 16.0 Å². The number of H-pyrrole nitrogens is 2. The smallest absolute Gasteiger partial charge is 0.251 e. The first kappa shape index (κ1) is 12.4. The van der Waals surface area contributed by atoms with Gasteiger partial charge < -0.3 is 4.98 Å². The van der Waals surface area contributed by atoms with Gasteiger partial charge in [0.25, 0.3) is 5.56 Å². The standard InChI is InChI=1S/C12H15N5OS/c1-6-5-9(18)14-10(13-6)7(2)19-12-15-11(16-17-12)8-3-4-8/h5,7-8H,3-4H2,1-2H3,(H,13,14,18)(H,15,16,17). The van der Waals surface area contributed by atoms with Gasteiger partial charge >= 0.3 is 0 Å². The van der Waals surface area contributed by atoms with Gasteiger partial charge in [0.1, 0.15) is 11.6 Å². The molecule has 0 aliphatic heterocycles. The summed E-state index contributed by atoms with van der Waals surface area (Å²) in [6.07, 6.45) is 2.39. The largest absolute Gasteiger partial charge is 0.310 e. The summed E-state index contributed by atoms with van der Waals surface area (Å²) in [6, 6.07) is 1.49. The van der Waals surface area contributed by atoms with Crippen molar-refractivity contribution in [3.8, 4) is 0 Å². The minimum absolute atomic E-state index is 0.00968. The van der Waals surface area contributed by atoms with E-state index in [1.807, 2.05) is 13.8 Å². The summed E-state index contributed by atoms with van der Waals surface area (Å²) in [6.45, 7) is 3.80. The maximum atomic E-state index is 11.4. The highest BCUT2D eigenvalue weighted by Crippen LogP contribution is 2.39. The molecule has 1 saturated carbocycles. The van der Waals surface area contributed by atoms with E-state index in [0.29, 0.717) is 16.9 Å². The lowest BCUT2D eigenvalue weighted by Gasteiger charge is -2.07. The summed E-state index contributed by atoms with van der Waals surface area (Å²) in [5.41, 5.74) is 0.600. The van der Waals surface area contributed by atoms with Gasteiger partial charge in [-0.3, -0.25) is 9.89 Å². The van der Waals surface area contributed by atoms with E-state index in [-0.39, 0.29) is 10.8 Å². The fourth-order valence-electron chi connectivity index (χ4n) is 1.86. The third-order valence-corrected chi connectivity index (χ3v) is 3.97. The van der Waals surface area contributed by atoms with Crippen LogP contribution in [0.4, 0.5) is 0 Å². The molecule has 2 N–H and O–H groups in total. The Bertz CT molecular complexity index is 646. The molecule has 1 aliphatic carbocycles. The second-order valence-corrected chi connectivity index (χ2v) is 6.12. The molecule has 0 saturated heterocycles. The molecule has 0 bridgehead atoms. The number of hydrogen-bond acceptors (Lipinski definition) is 5. The molecule has 1 unspecified atom stereocenters. The van der Waals surface area contributed by atoms with Gasteiger partial charge in [-0.15, -0.1) is 5.10 Å². The summed E-state index contributed by atoms with van der Waals surface area (Å²) in [7, 11) is 0. The van der Waals surface area contributed by atoms with Crippen LogP contribution in [0.25, 0.3) is 0 Å². The van der Waals surface area contributed by atoms with E-state index in [9.17, 15) is 4.79 Å². The number of nitrogens with zero attached hydrogens (tertiary/aromatic N) is 3. The summed E-state index contributed by atoms with van der Waals surface area (Å²) in [5, 5.41) is 7.88. The van der Waals surface area contributed by atoms with Crippen LogP contribution < -0.4 is 5.56 Å². The first-order valence-electron chi connectivity index (χ1n) is 6.28. The van der Waals surface area contributed by atoms with Gasteiger partial charge in [-0.05, 0) is 26.7 Å². The number of nitrogens with one attached hydrogen (secondary N) is 2. The molecule has 0 radical (unpaired) electrons. The highest BCUT2D eigenvalue weighted by Gasteiger charge is 2.27. The van der Waals surface area contributed by atoms with Gasteiger partial charge in [-0.2, -0.15) is 0 Å². The van der Waals surface area contributed by atoms with Gasteiger partial charge in [0.15, 0.2) is 0 Å². The highest BCUT2D eigenvalue weighted by atomic mass is 32.2. The number of rotatable bonds is 4. The van der Waals surface area contributed by atoms with Crippen LogP contribution in [0.2, 0.25) is 0 Å². The third kappa shape index (κ3) is 2.86. The Labute approximate surface area is 114 Å². The number of aromatic nitrogens is 5. The van der Waals surface area contributed by atoms with Gasteiger partial charge in [0.2, 0.25) is 5.16 Å². The maximum Gasteiger partial charge on any atom is 0.251 e. The molecule has 100 valence electrons. The van der Waals surface area contributed by atoms with E-state index in [1.165, 1.54) is 30.7 Å². The summed E-state index contributed by atoms with van der Waals surface area (Å²) >= 11 is 1.49. The van der Waals surface area contributed by atoms with E-state index in [2.05, 4.69) is 25.1 Å². The maximum absolute atomic E-state index is 11.4. The molecule has 19 heavy (non-hydrogen) atoms. The SMILES string of the molecule is Cc1cc(=O)[nH]c(C(C)Sc2n[nH]c(C3CC3)n2)n1. The molecule has 2 heterocycles. The number of hydrogen-bond donors (Lipinski definition) is 2. The Morgan fingerprint density at radius 3 is 2.89 bits per heavy atom. The molecule has 6 nitrogen and oxygen atoms in total. The summed E-state index contributed by atoms with van der Waals surface area (Å²) in [5.74, 6) is 2.20. The molecule has 7 heteroatoms. The Hall–Kier alpha value is -1.63. The third-order valence-electron chi connectivity index (χ3n) is 3.00. The van der Waals surface area contributed by atoms with Crippen molar-refractivity contribution in [3.05, 3.63) is 33.8 Å². The lowest BCUT2D eigenvalue weighted by Crippen LogP contribution is -2.12. The number of aromatic amines is 2. The van der Waals surface area contributed by atoms with Crippen LogP contribution in [0, 0.1) is 6.92 Å². The van der Waals surface area contributed by atoms with Crippen molar-refractivity contribution in [2.75, 3.05) is 0 Å². The quantitative estimate of drug-likeness (QED) is 0.834. The van der Waals surface area contributed by atoms with E-state index in [4.69, 9.17) is 0 Å². The van der Waals surface area contributed by atoms with Gasteiger partial charge in [-0.1, -0.05) is 11.8 Å². The van der Waals surface area contributed by atoms with Crippen molar-refractivity contribution in [2.24, 2.45) is 0 Å². The molecule has 0 amide bonds. The van der Waals surface area contributed by atoms with Gasteiger partial charge in [-0.25, -0.2) is 9.97 Å². The molecule has 1 aliphatic rings. The van der Waals surface area contributed by atoms with Crippen LogP contribution in [-0.4, -0.2) is 25.1 Å². The fraction of sp³-hybridized carbons (Fsp3) is 0.500. The van der Waals surface area contributed by atoms with Crippen molar-refractivity contribution in [1.82, 2.24) is 25.1 Å². The van der Waals surface area contributed by atoms with Crippen molar-refractivity contribution in [1.29, 1.82) is 0 Å². The predicted molar refractivity (Wildman–Crippen MR) is 72.2 cm³/mol. The zero-order valence-corrected chi connectivity index (χ0v) is 11.6. The van der Waals surface area contributed by atoms with Crippen molar-refractivity contribution >= 4 is 11.8 Å². The van der Waals surface area contributed by atoms with E-state index in [0.717, 1.165) is 11.5 Å². The Balaban J connectivity index is 1.75. The molecular weight excluding hydrogens is 262 g/mol. The topological polar surface area (TPSA) is 87.3 Å². The zero-order valence-electron chi connectivity index (χ0n) is 10.8. The second kappa shape index (κ2) is 4.80. The number of aryl methyl sites for hydroxylation is 1. The minimum atomic E-state index is -0.122. The van der Waals surface area contributed by atoms with Crippen LogP contribution >= 0.6 is 11.8 Å². The molecule has 1 atom stereocenters. The first-order valence-corrected chi connectivity index (χ1v) is 7.16. The molecular formula is C12H15N5OS. The summed E-state index contributed by atoms with van der Waals surface area (Å²) < 4.78 is 0. The van der Waals surface area contributed by atoms with E-state index in [1.54, 1.807) is 0 Å². The van der Waals surface area contributed by atoms with E-state index < -0.39 is 0 Å². The monoisotopic (exact) mass is 277 g/mol. The Kier molecular flexibility index (Phi) is 3.14. The van der Waals surface area contributed by atoms with Crippen molar-refractivity contribution < 1.29 is 0 Å². The minimum Gasteiger partial charge on any atom is -0.310 e. The average Bonchev–Trinajstić information content (AvgIpc) is 3.09. The lowest BCUT2D eigenvalue weighted by atomic mass is 10.4. The van der Waals surface area contributed by atoms with Gasteiger partial charge in [0.05, 0.1) is 5.25 Å². The summed E-state index contributed by atoms with van der Waals surface area (Å²) in [4.78, 5) is 23.0. The fourth-order valence-corrected chi connectivity index (χ4v) is 2.65. The molecule has 1 fully saturated rings. The first-order chi connectivity index (χ1) is 9.11. The normalized spacial score (nSPS) is 16.5. The zero-order chi connectivity index (χ0) is 13.4. The van der Waals surface area contributed by atoms with Crippen LogP contribution in [0.5, 0.6) is 0 Å². The molecule has 3 rings (SSSR count). The Morgan fingerprint density at radius 2 is 2.21 bits per heavy atom. The Morgan fingerprint density at radius 1 is 1.42 bits per heavy atom. The molecule has 2 aromatic heterocycles. The molecule has 0 aromatic carbocycles. The molecule has 0 spiro atoms. The number of thioether (sulfide) groups is 1. The molecule has 2 aromatic rings. The average molecular weight is 277 g/mol. The van der Waals surface area contributed by atoms with Crippen LogP contribution in [0.1, 0.15) is 48.3 Å². The second-order valence-electron chi connectivity index (χ2n) is 4.81.